The highest BCUT2D eigenvalue weighted by Crippen LogP contribution is 2.22. The van der Waals surface area contributed by atoms with Gasteiger partial charge in [-0.05, 0) is 48.1 Å². The van der Waals surface area contributed by atoms with Crippen molar-refractivity contribution in [2.45, 2.75) is 53.1 Å². The summed E-state index contributed by atoms with van der Waals surface area (Å²) < 4.78 is 13.7. The van der Waals surface area contributed by atoms with Crippen LogP contribution in [0.5, 0.6) is 0 Å². The van der Waals surface area contributed by atoms with Gasteiger partial charge in [-0.3, -0.25) is 0 Å². The van der Waals surface area contributed by atoms with E-state index < -0.39 is 5.82 Å². The van der Waals surface area contributed by atoms with Gasteiger partial charge in [0, 0.05) is 25.7 Å². The van der Waals surface area contributed by atoms with Gasteiger partial charge in [0.2, 0.25) is 0 Å². The number of hydrogen-bond donors (Lipinski definition) is 2. The number of nitrogens with zero attached hydrogens (tertiary/aromatic N) is 3. The Labute approximate surface area is 195 Å². The molecule has 2 N–H and O–H groups in total. The van der Waals surface area contributed by atoms with Crippen LogP contribution < -0.4 is 10.6 Å². The third kappa shape index (κ3) is 6.62. The Balaban J connectivity index is 1.72. The predicted molar refractivity (Wildman–Crippen MR) is 125 cm³/mol. The number of benzene rings is 1. The second kappa shape index (κ2) is 11.1. The van der Waals surface area contributed by atoms with Crippen LogP contribution in [0.15, 0.2) is 24.4 Å². The van der Waals surface area contributed by atoms with E-state index in [1.54, 1.807) is 17.0 Å². The fraction of sp³-hybridized carbons (Fsp3) is 0.542. The fourth-order valence-electron chi connectivity index (χ4n) is 3.72. The van der Waals surface area contributed by atoms with Crippen LogP contribution in [-0.4, -0.2) is 40.5 Å². The van der Waals surface area contributed by atoms with Crippen LogP contribution in [-0.2, 0) is 19.4 Å². The molecular formula is C24H33ClFN5O. The number of carbonyl (C=O) groups excluding carboxylic acids is 1. The van der Waals surface area contributed by atoms with Crippen LogP contribution >= 0.6 is 11.6 Å². The zero-order valence-electron chi connectivity index (χ0n) is 19.3. The number of carbonyl (C=O) groups is 1. The molecule has 0 aliphatic carbocycles. The van der Waals surface area contributed by atoms with Crippen molar-refractivity contribution < 1.29 is 9.18 Å². The van der Waals surface area contributed by atoms with E-state index in [1.165, 1.54) is 6.07 Å². The summed E-state index contributed by atoms with van der Waals surface area (Å²) in [6.07, 6.45) is 3.44. The van der Waals surface area contributed by atoms with Crippen molar-refractivity contribution in [3.05, 3.63) is 57.9 Å². The lowest BCUT2D eigenvalue weighted by Gasteiger charge is -2.30. The molecule has 2 aromatic rings. The second-order valence-electron chi connectivity index (χ2n) is 9.26. The molecule has 1 aliphatic heterocycles. The topological polar surface area (TPSA) is 70.2 Å². The Morgan fingerprint density at radius 1 is 1.22 bits per heavy atom. The lowest BCUT2D eigenvalue weighted by atomic mass is 10.1. The first-order valence-electron chi connectivity index (χ1n) is 11.3. The summed E-state index contributed by atoms with van der Waals surface area (Å²) in [5, 5.41) is 6.53. The molecule has 32 heavy (non-hydrogen) atoms. The molecule has 1 aliphatic rings. The van der Waals surface area contributed by atoms with E-state index >= 15 is 0 Å². The molecule has 174 valence electrons. The van der Waals surface area contributed by atoms with Crippen molar-refractivity contribution in [2.75, 3.05) is 19.6 Å². The van der Waals surface area contributed by atoms with Gasteiger partial charge in [-0.25, -0.2) is 19.2 Å². The predicted octanol–water partition coefficient (Wildman–Crippen LogP) is 4.52. The Morgan fingerprint density at radius 3 is 2.69 bits per heavy atom. The molecule has 0 bridgehead atoms. The Hall–Kier alpha value is -2.25. The molecule has 0 fully saturated rings. The standard InChI is InChI=1S/C24H33ClFN5O/c1-15(2)9-23-28-12-18-7-8-31(14-22(18)29-23)24(32)30-21(13-27-11-16(3)4)17-5-6-20(26)19(25)10-17/h5-6,10,12,15-16,21,27H,7-9,11,13-14H2,1-4H3,(H,30,32)/t21-/m1/s1. The van der Waals surface area contributed by atoms with Crippen LogP contribution in [0.3, 0.4) is 0 Å². The number of nitrogens with one attached hydrogen (secondary N) is 2. The molecule has 8 heteroatoms. The largest absolute Gasteiger partial charge is 0.330 e. The molecule has 0 radical (unpaired) electrons. The summed E-state index contributed by atoms with van der Waals surface area (Å²) in [4.78, 5) is 24.1. The summed E-state index contributed by atoms with van der Waals surface area (Å²) >= 11 is 6.00. The summed E-state index contributed by atoms with van der Waals surface area (Å²) in [6.45, 7) is 10.9. The van der Waals surface area contributed by atoms with Crippen molar-refractivity contribution in [3.63, 3.8) is 0 Å². The minimum Gasteiger partial charge on any atom is -0.330 e. The Kier molecular flexibility index (Phi) is 8.43. The molecule has 1 atom stereocenters. The first-order chi connectivity index (χ1) is 15.2. The highest BCUT2D eigenvalue weighted by atomic mass is 35.5. The number of hydrogen-bond acceptors (Lipinski definition) is 4. The minimum atomic E-state index is -0.472. The first kappa shape index (κ1) is 24.4. The molecule has 0 saturated carbocycles. The monoisotopic (exact) mass is 461 g/mol. The van der Waals surface area contributed by atoms with Gasteiger partial charge in [0.1, 0.15) is 11.6 Å². The normalized spacial score (nSPS) is 14.6. The highest BCUT2D eigenvalue weighted by Gasteiger charge is 2.25. The van der Waals surface area contributed by atoms with E-state index in [4.69, 9.17) is 16.6 Å². The van der Waals surface area contributed by atoms with Gasteiger partial charge >= 0.3 is 6.03 Å². The first-order valence-corrected chi connectivity index (χ1v) is 11.7. The second-order valence-corrected chi connectivity index (χ2v) is 9.66. The van der Waals surface area contributed by atoms with Gasteiger partial charge in [-0.1, -0.05) is 45.4 Å². The van der Waals surface area contributed by atoms with Crippen LogP contribution in [0.1, 0.15) is 56.4 Å². The van der Waals surface area contributed by atoms with Gasteiger partial charge in [0.05, 0.1) is 23.3 Å². The van der Waals surface area contributed by atoms with Crippen molar-refractivity contribution in [1.82, 2.24) is 25.5 Å². The van der Waals surface area contributed by atoms with Gasteiger partial charge < -0.3 is 15.5 Å². The third-order valence-corrected chi connectivity index (χ3v) is 5.71. The summed E-state index contributed by atoms with van der Waals surface area (Å²) in [5.41, 5.74) is 2.78. The van der Waals surface area contributed by atoms with E-state index in [2.05, 4.69) is 43.3 Å². The van der Waals surface area contributed by atoms with Crippen LogP contribution in [0, 0.1) is 17.7 Å². The quantitative estimate of drug-likeness (QED) is 0.606. The molecule has 2 amide bonds. The molecule has 6 nitrogen and oxygen atoms in total. The van der Waals surface area contributed by atoms with E-state index in [0.717, 1.165) is 42.0 Å². The molecule has 1 aromatic heterocycles. The number of halogens is 2. The Morgan fingerprint density at radius 2 is 2.00 bits per heavy atom. The molecule has 2 heterocycles. The molecule has 1 aromatic carbocycles. The SMILES string of the molecule is CC(C)CNC[C@@H](NC(=O)N1CCc2cnc(CC(C)C)nc2C1)c1ccc(F)c(Cl)c1. The van der Waals surface area contributed by atoms with Crippen LogP contribution in [0.2, 0.25) is 5.02 Å². The van der Waals surface area contributed by atoms with Gasteiger partial charge in [-0.15, -0.1) is 0 Å². The van der Waals surface area contributed by atoms with Crippen LogP contribution in [0.25, 0.3) is 0 Å². The maximum Gasteiger partial charge on any atom is 0.318 e. The van der Waals surface area contributed by atoms with Crippen LogP contribution in [0.4, 0.5) is 9.18 Å². The number of fused-ring (bicyclic) bond motifs is 1. The van der Waals surface area contributed by atoms with E-state index in [9.17, 15) is 9.18 Å². The average molecular weight is 462 g/mol. The lowest BCUT2D eigenvalue weighted by Crippen LogP contribution is -2.46. The van der Waals surface area contributed by atoms with E-state index in [-0.39, 0.29) is 17.1 Å². The van der Waals surface area contributed by atoms with Crippen molar-refractivity contribution >= 4 is 17.6 Å². The summed E-state index contributed by atoms with van der Waals surface area (Å²) in [7, 11) is 0. The van der Waals surface area contributed by atoms with Gasteiger partial charge in [0.25, 0.3) is 0 Å². The fourth-order valence-corrected chi connectivity index (χ4v) is 3.91. The number of urea groups is 1. The minimum absolute atomic E-state index is 0.0480. The van der Waals surface area contributed by atoms with E-state index in [0.29, 0.717) is 31.5 Å². The van der Waals surface area contributed by atoms with Gasteiger partial charge in [0.15, 0.2) is 0 Å². The maximum absolute atomic E-state index is 13.7. The van der Waals surface area contributed by atoms with E-state index in [1.807, 2.05) is 6.20 Å². The van der Waals surface area contributed by atoms with Crippen molar-refractivity contribution in [1.29, 1.82) is 0 Å². The zero-order valence-corrected chi connectivity index (χ0v) is 20.0. The number of aromatic nitrogens is 2. The molecule has 0 saturated heterocycles. The van der Waals surface area contributed by atoms with Crippen molar-refractivity contribution in [3.8, 4) is 0 Å². The third-order valence-electron chi connectivity index (χ3n) is 5.42. The number of amides is 2. The lowest BCUT2D eigenvalue weighted by molar-refractivity contribution is 0.186. The molecule has 3 rings (SSSR count). The molecule has 0 unspecified atom stereocenters. The summed E-state index contributed by atoms with van der Waals surface area (Å²) in [5.74, 6) is 1.29. The maximum atomic E-state index is 13.7. The summed E-state index contributed by atoms with van der Waals surface area (Å²) in [6, 6.07) is 4.08. The number of rotatable bonds is 8. The molecule has 0 spiro atoms. The van der Waals surface area contributed by atoms with Gasteiger partial charge in [-0.2, -0.15) is 0 Å². The highest BCUT2D eigenvalue weighted by molar-refractivity contribution is 6.30. The molecular weight excluding hydrogens is 429 g/mol. The zero-order chi connectivity index (χ0) is 23.3. The Bertz CT molecular complexity index is 937. The average Bonchev–Trinajstić information content (AvgIpc) is 2.73. The smallest absolute Gasteiger partial charge is 0.318 e. The van der Waals surface area contributed by atoms with Crippen molar-refractivity contribution in [2.24, 2.45) is 11.8 Å².